The summed E-state index contributed by atoms with van der Waals surface area (Å²) in [5, 5.41) is 1.48. The van der Waals surface area contributed by atoms with Crippen molar-refractivity contribution in [3.63, 3.8) is 0 Å². The van der Waals surface area contributed by atoms with Crippen LogP contribution in [0.25, 0.3) is 0 Å². The number of ether oxygens (including phenoxy) is 1. The van der Waals surface area contributed by atoms with Gasteiger partial charge in [-0.25, -0.2) is 4.39 Å². The van der Waals surface area contributed by atoms with Gasteiger partial charge in [-0.15, -0.1) is 0 Å². The predicted octanol–water partition coefficient (Wildman–Crippen LogP) is 2.32. The van der Waals surface area contributed by atoms with Gasteiger partial charge >= 0.3 is 0 Å². The fourth-order valence-electron chi connectivity index (χ4n) is 1.16. The van der Waals surface area contributed by atoms with E-state index in [9.17, 15) is 9.18 Å². The first-order valence-corrected chi connectivity index (χ1v) is 5.92. The van der Waals surface area contributed by atoms with Gasteiger partial charge in [0.1, 0.15) is 11.6 Å². The first-order chi connectivity index (χ1) is 6.90. The summed E-state index contributed by atoms with van der Waals surface area (Å²) in [5.41, 5.74) is 0.453. The maximum atomic E-state index is 13.2. The largest absolute Gasteiger partial charge is 0.468 e. The first kappa shape index (κ1) is 11.3. The van der Waals surface area contributed by atoms with Crippen LogP contribution >= 0.6 is 34.4 Å². The average molecular weight is 310 g/mol. The van der Waals surface area contributed by atoms with Crippen LogP contribution in [0.4, 0.5) is 10.1 Å². The fourth-order valence-corrected chi connectivity index (χ4v) is 1.90. The molecule has 2 atom stereocenters. The Kier molecular flexibility index (Phi) is 2.74. The van der Waals surface area contributed by atoms with Gasteiger partial charge in [0.15, 0.2) is 0 Å². The SMILES string of the molecule is O=C1Nc2cc(Br)c(F)cc2OC1(P)P. The minimum Gasteiger partial charge on any atom is -0.468 e. The van der Waals surface area contributed by atoms with Crippen molar-refractivity contribution >= 4 is 46.0 Å². The van der Waals surface area contributed by atoms with Crippen LogP contribution in [0.5, 0.6) is 5.75 Å². The van der Waals surface area contributed by atoms with Crippen molar-refractivity contribution in [1.82, 2.24) is 0 Å². The lowest BCUT2D eigenvalue weighted by atomic mass is 10.2. The van der Waals surface area contributed by atoms with Crippen LogP contribution in [0.2, 0.25) is 0 Å². The zero-order valence-corrected chi connectivity index (χ0v) is 11.3. The Labute approximate surface area is 98.7 Å². The van der Waals surface area contributed by atoms with Crippen LogP contribution in [-0.2, 0) is 4.79 Å². The minimum atomic E-state index is -1.13. The molecule has 1 heterocycles. The van der Waals surface area contributed by atoms with Gasteiger partial charge in [0.25, 0.3) is 5.91 Å². The molecule has 2 rings (SSSR count). The monoisotopic (exact) mass is 309 g/mol. The van der Waals surface area contributed by atoms with E-state index in [0.29, 0.717) is 11.4 Å². The van der Waals surface area contributed by atoms with Crippen molar-refractivity contribution in [2.75, 3.05) is 5.32 Å². The molecule has 1 aliphatic heterocycles. The number of anilines is 1. The lowest BCUT2D eigenvalue weighted by molar-refractivity contribution is -0.121. The molecule has 0 saturated heterocycles. The summed E-state index contributed by atoms with van der Waals surface area (Å²) >= 11 is 3.03. The number of carbonyl (C=O) groups excluding carboxylic acids is 1. The standard InChI is InChI=1S/C8H7BrFNO2P2/c9-3-1-5-6(2-4(3)10)13-8(14,15)7(12)11-5/h1-2H,14-15H2,(H,11,12). The summed E-state index contributed by atoms with van der Waals surface area (Å²) in [6.45, 7) is 0. The maximum absolute atomic E-state index is 13.2. The molecule has 1 aliphatic rings. The lowest BCUT2D eigenvalue weighted by Crippen LogP contribution is -2.40. The van der Waals surface area contributed by atoms with Crippen molar-refractivity contribution in [3.8, 4) is 5.75 Å². The van der Waals surface area contributed by atoms with Crippen molar-refractivity contribution in [1.29, 1.82) is 0 Å². The average Bonchev–Trinajstić information content (AvgIpc) is 2.11. The highest BCUT2D eigenvalue weighted by atomic mass is 79.9. The molecule has 1 aromatic rings. The molecule has 0 bridgehead atoms. The molecule has 2 unspecified atom stereocenters. The number of carbonyl (C=O) groups is 1. The van der Waals surface area contributed by atoms with E-state index in [-0.39, 0.29) is 10.4 Å². The van der Waals surface area contributed by atoms with Gasteiger partial charge in [0.05, 0.1) is 10.2 Å². The summed E-state index contributed by atoms with van der Waals surface area (Å²) in [7, 11) is 4.49. The summed E-state index contributed by atoms with van der Waals surface area (Å²) in [5.74, 6) is -0.445. The molecule has 0 fully saturated rings. The third kappa shape index (κ3) is 2.01. The van der Waals surface area contributed by atoms with E-state index >= 15 is 0 Å². The molecule has 0 radical (unpaired) electrons. The second-order valence-corrected chi connectivity index (χ2v) is 6.35. The van der Waals surface area contributed by atoms with Crippen molar-refractivity contribution in [3.05, 3.63) is 22.4 Å². The van der Waals surface area contributed by atoms with Crippen LogP contribution in [0.1, 0.15) is 0 Å². The van der Waals surface area contributed by atoms with Crippen LogP contribution < -0.4 is 10.1 Å². The van der Waals surface area contributed by atoms with E-state index < -0.39 is 10.9 Å². The molecule has 1 N–H and O–H groups in total. The third-order valence-electron chi connectivity index (χ3n) is 1.90. The highest BCUT2D eigenvalue weighted by Gasteiger charge is 2.36. The van der Waals surface area contributed by atoms with Crippen molar-refractivity contribution in [2.24, 2.45) is 0 Å². The number of amides is 1. The maximum Gasteiger partial charge on any atom is 0.276 e. The Morgan fingerprint density at radius 2 is 2.13 bits per heavy atom. The second-order valence-electron chi connectivity index (χ2n) is 3.11. The second kappa shape index (κ2) is 3.65. The lowest BCUT2D eigenvalue weighted by Gasteiger charge is -2.31. The molecule has 1 amide bonds. The zero-order chi connectivity index (χ0) is 11.2. The van der Waals surface area contributed by atoms with Crippen LogP contribution in [0.15, 0.2) is 16.6 Å². The zero-order valence-electron chi connectivity index (χ0n) is 7.38. The molecule has 0 spiro atoms. The fraction of sp³-hybridized carbons (Fsp3) is 0.125. The van der Waals surface area contributed by atoms with Crippen molar-refractivity contribution in [2.45, 2.75) is 5.08 Å². The number of hydrogen-bond acceptors (Lipinski definition) is 2. The van der Waals surface area contributed by atoms with Gasteiger partial charge in [-0.2, -0.15) is 0 Å². The van der Waals surface area contributed by atoms with Gasteiger partial charge in [0.2, 0.25) is 5.08 Å². The summed E-state index contributed by atoms with van der Waals surface area (Å²) in [6.07, 6.45) is 0. The number of nitrogens with one attached hydrogen (secondary N) is 1. The van der Waals surface area contributed by atoms with Crippen molar-refractivity contribution < 1.29 is 13.9 Å². The highest BCUT2D eigenvalue weighted by molar-refractivity contribution is 9.10. The van der Waals surface area contributed by atoms with Crippen LogP contribution in [0, 0.1) is 5.82 Å². The van der Waals surface area contributed by atoms with E-state index in [1.54, 1.807) is 0 Å². The molecule has 1 aromatic carbocycles. The molecule has 0 aliphatic carbocycles. The van der Waals surface area contributed by atoms with E-state index in [4.69, 9.17) is 4.74 Å². The predicted molar refractivity (Wildman–Crippen MR) is 65.5 cm³/mol. The normalized spacial score (nSPS) is 17.7. The number of rotatable bonds is 0. The summed E-state index contributed by atoms with van der Waals surface area (Å²) in [6, 6.07) is 2.69. The Bertz CT molecular complexity index is 453. The molecule has 0 saturated carbocycles. The molecule has 7 heteroatoms. The van der Waals surface area contributed by atoms with E-state index in [2.05, 4.69) is 39.7 Å². The number of hydrogen-bond donors (Lipinski definition) is 1. The van der Waals surface area contributed by atoms with Crippen LogP contribution in [-0.4, -0.2) is 11.0 Å². The molecule has 15 heavy (non-hydrogen) atoms. The molecule has 80 valence electrons. The first-order valence-electron chi connectivity index (χ1n) is 3.97. The smallest absolute Gasteiger partial charge is 0.276 e. The van der Waals surface area contributed by atoms with Gasteiger partial charge in [-0.05, 0) is 22.0 Å². The number of benzene rings is 1. The Morgan fingerprint density at radius 3 is 2.80 bits per heavy atom. The highest BCUT2D eigenvalue weighted by Crippen LogP contribution is 2.42. The summed E-state index contributed by atoms with van der Waals surface area (Å²) in [4.78, 5) is 11.5. The Hall–Kier alpha value is -0.240. The van der Waals surface area contributed by atoms with Crippen LogP contribution in [0.3, 0.4) is 0 Å². The minimum absolute atomic E-state index is 0.283. The van der Waals surface area contributed by atoms with Gasteiger partial charge < -0.3 is 10.1 Å². The topological polar surface area (TPSA) is 38.3 Å². The summed E-state index contributed by atoms with van der Waals surface area (Å²) < 4.78 is 18.8. The molecular weight excluding hydrogens is 303 g/mol. The van der Waals surface area contributed by atoms with E-state index in [1.807, 2.05) is 0 Å². The molecule has 0 aromatic heterocycles. The quantitative estimate of drug-likeness (QED) is 0.747. The number of halogens is 2. The Balaban J connectivity index is 2.51. The molecular formula is C8H7BrFNO2P2. The third-order valence-corrected chi connectivity index (χ3v) is 3.27. The number of fused-ring (bicyclic) bond motifs is 1. The van der Waals surface area contributed by atoms with E-state index in [0.717, 1.165) is 0 Å². The van der Waals surface area contributed by atoms with Gasteiger partial charge in [0, 0.05) is 6.07 Å². The van der Waals surface area contributed by atoms with Gasteiger partial charge in [-0.1, -0.05) is 18.5 Å². The Morgan fingerprint density at radius 1 is 1.47 bits per heavy atom. The van der Waals surface area contributed by atoms with Gasteiger partial charge in [-0.3, -0.25) is 4.79 Å². The van der Waals surface area contributed by atoms with E-state index in [1.165, 1.54) is 12.1 Å². The molecule has 3 nitrogen and oxygen atoms in total.